The molecular formula is C28H29ClN4O3S. The van der Waals surface area contributed by atoms with Gasteiger partial charge in [-0.05, 0) is 61.7 Å². The lowest BCUT2D eigenvalue weighted by Gasteiger charge is -2.33. The highest BCUT2D eigenvalue weighted by Crippen LogP contribution is 2.25. The molecule has 1 fully saturated rings. The smallest absolute Gasteiger partial charge is 0.255 e. The molecule has 0 radical (unpaired) electrons. The molecule has 1 aliphatic carbocycles. The molecule has 5 rings (SSSR count). The molecule has 2 aromatic heterocycles. The monoisotopic (exact) mass is 536 g/mol. The Kier molecular flexibility index (Phi) is 8.10. The van der Waals surface area contributed by atoms with Crippen molar-refractivity contribution in [2.75, 3.05) is 0 Å². The second-order valence-corrected chi connectivity index (χ2v) is 9.66. The number of nitrogens with zero attached hydrogens (tertiary/aromatic N) is 1. The number of hydrogen-bond acceptors (Lipinski definition) is 3. The molecule has 192 valence electrons. The van der Waals surface area contributed by atoms with Gasteiger partial charge in [-0.15, -0.1) is 0 Å². The maximum absolute atomic E-state index is 13.1. The largest absolute Gasteiger partial charge is 0.360 e. The van der Waals surface area contributed by atoms with Crippen LogP contribution in [0.3, 0.4) is 0 Å². The second kappa shape index (κ2) is 11.3. The number of fused-ring (bicyclic) bond motifs is 1. The fourth-order valence-corrected chi connectivity index (χ4v) is 5.12. The molecule has 7 nitrogen and oxygen atoms in total. The number of aromatic nitrogens is 2. The molecule has 9 heteroatoms. The third kappa shape index (κ3) is 5.60. The number of amides is 2. The predicted molar refractivity (Wildman–Crippen MR) is 151 cm³/mol. The average Bonchev–Trinajstić information content (AvgIpc) is 3.25. The van der Waals surface area contributed by atoms with Gasteiger partial charge in [-0.25, -0.2) is 0 Å². The van der Waals surface area contributed by atoms with Crippen molar-refractivity contribution < 1.29 is 9.59 Å². The van der Waals surface area contributed by atoms with Crippen molar-refractivity contribution in [3.8, 4) is 5.69 Å². The van der Waals surface area contributed by atoms with E-state index in [4.69, 9.17) is 11.6 Å². The van der Waals surface area contributed by atoms with Gasteiger partial charge in [0, 0.05) is 52.6 Å². The first-order valence-electron chi connectivity index (χ1n) is 12.1. The normalized spacial score (nSPS) is 17.1. The number of benzene rings is 2. The molecule has 0 spiro atoms. The molecule has 0 bridgehead atoms. The van der Waals surface area contributed by atoms with Gasteiger partial charge in [-0.2, -0.15) is 13.5 Å². The van der Waals surface area contributed by atoms with Crippen LogP contribution in [0.15, 0.2) is 71.8 Å². The topological polar surface area (TPSA) is 96.0 Å². The molecule has 2 amide bonds. The number of pyridine rings is 1. The van der Waals surface area contributed by atoms with Crippen LogP contribution in [0.4, 0.5) is 0 Å². The van der Waals surface area contributed by atoms with Crippen LogP contribution in [0.25, 0.3) is 16.6 Å². The van der Waals surface area contributed by atoms with E-state index >= 15 is 0 Å². The number of aryl methyl sites for hydroxylation is 1. The summed E-state index contributed by atoms with van der Waals surface area (Å²) in [6, 6.07) is 15.3. The zero-order chi connectivity index (χ0) is 25.2. The molecule has 2 heterocycles. The minimum absolute atomic E-state index is 0. The Labute approximate surface area is 226 Å². The summed E-state index contributed by atoms with van der Waals surface area (Å²) in [6.45, 7) is 1.88. The van der Waals surface area contributed by atoms with Crippen LogP contribution in [0.2, 0.25) is 5.02 Å². The van der Waals surface area contributed by atoms with E-state index in [9.17, 15) is 14.4 Å². The first-order valence-corrected chi connectivity index (χ1v) is 12.5. The van der Waals surface area contributed by atoms with Crippen molar-refractivity contribution in [3.63, 3.8) is 0 Å². The van der Waals surface area contributed by atoms with Crippen molar-refractivity contribution in [1.82, 2.24) is 20.2 Å². The minimum atomic E-state index is -0.196. The Bertz CT molecular complexity index is 1510. The molecule has 1 saturated carbocycles. The molecule has 3 N–H and O–H groups in total. The maximum atomic E-state index is 13.1. The van der Waals surface area contributed by atoms with Crippen LogP contribution in [-0.2, 0) is 0 Å². The number of H-pyrrole nitrogens is 1. The Morgan fingerprint density at radius 2 is 1.59 bits per heavy atom. The molecule has 2 atom stereocenters. The second-order valence-electron chi connectivity index (χ2n) is 9.25. The van der Waals surface area contributed by atoms with Gasteiger partial charge in [0.1, 0.15) is 0 Å². The van der Waals surface area contributed by atoms with E-state index in [0.29, 0.717) is 16.1 Å². The van der Waals surface area contributed by atoms with Crippen LogP contribution in [0, 0.1) is 6.92 Å². The zero-order valence-corrected chi connectivity index (χ0v) is 22.1. The van der Waals surface area contributed by atoms with Crippen LogP contribution in [-0.4, -0.2) is 33.4 Å². The SMILES string of the molecule is Cc1cc(C(=O)N[C@H]2CCCC[C@H]2NC(=O)c2ccc3c(Cl)c[nH]c3c2)ccc1-n1ccccc1=O.S. The molecule has 0 unspecified atom stereocenters. The number of carbonyl (C=O) groups is 2. The van der Waals surface area contributed by atoms with Gasteiger partial charge in [0.05, 0.1) is 10.7 Å². The number of aromatic amines is 1. The maximum Gasteiger partial charge on any atom is 0.255 e. The van der Waals surface area contributed by atoms with Crippen molar-refractivity contribution in [2.45, 2.75) is 44.7 Å². The third-order valence-corrected chi connectivity index (χ3v) is 7.15. The number of nitrogens with one attached hydrogen (secondary N) is 3. The highest BCUT2D eigenvalue weighted by atomic mass is 35.5. The molecule has 0 aliphatic heterocycles. The van der Waals surface area contributed by atoms with Gasteiger partial charge < -0.3 is 15.6 Å². The Balaban J connectivity index is 0.00000320. The van der Waals surface area contributed by atoms with E-state index in [1.165, 1.54) is 6.07 Å². The van der Waals surface area contributed by atoms with E-state index in [-0.39, 0.29) is 43.0 Å². The lowest BCUT2D eigenvalue weighted by molar-refractivity contribution is 0.0863. The number of rotatable bonds is 5. The summed E-state index contributed by atoms with van der Waals surface area (Å²) >= 11 is 6.15. The number of halogens is 1. The van der Waals surface area contributed by atoms with Gasteiger partial charge in [-0.1, -0.05) is 36.6 Å². The van der Waals surface area contributed by atoms with Crippen molar-refractivity contribution >= 4 is 47.8 Å². The fourth-order valence-electron chi connectivity index (χ4n) is 4.91. The lowest BCUT2D eigenvalue weighted by atomic mass is 9.89. The summed E-state index contributed by atoms with van der Waals surface area (Å²) in [5.41, 5.74) is 3.29. The lowest BCUT2D eigenvalue weighted by Crippen LogP contribution is -2.53. The highest BCUT2D eigenvalue weighted by molar-refractivity contribution is 7.59. The molecule has 37 heavy (non-hydrogen) atoms. The summed E-state index contributed by atoms with van der Waals surface area (Å²) in [5.74, 6) is -0.374. The van der Waals surface area contributed by atoms with E-state index in [1.54, 1.807) is 59.4 Å². The predicted octanol–water partition coefficient (Wildman–Crippen LogP) is 4.86. The summed E-state index contributed by atoms with van der Waals surface area (Å²) in [7, 11) is 0. The molecule has 0 saturated heterocycles. The minimum Gasteiger partial charge on any atom is -0.360 e. The molecule has 1 aliphatic rings. The van der Waals surface area contributed by atoms with Crippen LogP contribution < -0.4 is 16.2 Å². The number of carbonyl (C=O) groups excluding carboxylic acids is 2. The highest BCUT2D eigenvalue weighted by Gasteiger charge is 2.28. The average molecular weight is 537 g/mol. The van der Waals surface area contributed by atoms with E-state index in [0.717, 1.165) is 47.8 Å². The van der Waals surface area contributed by atoms with Gasteiger partial charge in [0.15, 0.2) is 0 Å². The summed E-state index contributed by atoms with van der Waals surface area (Å²) in [4.78, 5) is 41.4. The summed E-state index contributed by atoms with van der Waals surface area (Å²) in [6.07, 6.45) is 6.97. The molecule has 2 aromatic carbocycles. The van der Waals surface area contributed by atoms with Crippen LogP contribution in [0.5, 0.6) is 0 Å². The van der Waals surface area contributed by atoms with Gasteiger partial charge in [0.2, 0.25) is 0 Å². The Hall–Kier alpha value is -3.49. The first-order chi connectivity index (χ1) is 17.4. The van der Waals surface area contributed by atoms with Crippen molar-refractivity contribution in [2.24, 2.45) is 0 Å². The number of hydrogen-bond donors (Lipinski definition) is 3. The molecular weight excluding hydrogens is 508 g/mol. The van der Waals surface area contributed by atoms with Crippen LogP contribution >= 0.6 is 25.1 Å². The molecule has 4 aromatic rings. The summed E-state index contributed by atoms with van der Waals surface area (Å²) in [5, 5.41) is 7.74. The van der Waals surface area contributed by atoms with E-state index in [1.807, 2.05) is 13.0 Å². The standard InChI is InChI=1S/C28H27ClN4O3.H2S/c1-17-14-18(10-12-25(17)33-13-5-4-8-26(33)34)27(35)31-22-6-2-3-7-23(22)32-28(36)19-9-11-20-21(29)16-30-24(20)15-19;/h4-5,8-16,22-23,30H,2-3,6-7H2,1H3,(H,31,35)(H,32,36);1H2/t22-,23+;/m0./s1. The fraction of sp³-hybridized carbons (Fsp3) is 0.250. The van der Waals surface area contributed by atoms with Gasteiger partial charge >= 0.3 is 0 Å². The first kappa shape index (κ1) is 26.6. The van der Waals surface area contributed by atoms with Gasteiger partial charge in [0.25, 0.3) is 17.4 Å². The van der Waals surface area contributed by atoms with E-state index < -0.39 is 0 Å². The van der Waals surface area contributed by atoms with Crippen molar-refractivity contribution in [1.29, 1.82) is 0 Å². The van der Waals surface area contributed by atoms with Crippen molar-refractivity contribution in [3.05, 3.63) is 99.1 Å². The third-order valence-electron chi connectivity index (χ3n) is 6.83. The van der Waals surface area contributed by atoms with Gasteiger partial charge in [-0.3, -0.25) is 19.0 Å². The van der Waals surface area contributed by atoms with Crippen LogP contribution in [0.1, 0.15) is 52.0 Å². The Morgan fingerprint density at radius 1 is 0.946 bits per heavy atom. The summed E-state index contributed by atoms with van der Waals surface area (Å²) < 4.78 is 1.56. The Morgan fingerprint density at radius 3 is 2.24 bits per heavy atom. The quantitative estimate of drug-likeness (QED) is 0.340. The zero-order valence-electron chi connectivity index (χ0n) is 20.4. The van der Waals surface area contributed by atoms with E-state index in [2.05, 4.69) is 15.6 Å².